The zero-order valence-electron chi connectivity index (χ0n) is 11.1. The van der Waals surface area contributed by atoms with Gasteiger partial charge in [0.2, 0.25) is 0 Å². The highest BCUT2D eigenvalue weighted by Gasteiger charge is 2.04. The van der Waals surface area contributed by atoms with Crippen molar-refractivity contribution in [3.63, 3.8) is 0 Å². The summed E-state index contributed by atoms with van der Waals surface area (Å²) in [5.74, 6) is 1.73. The van der Waals surface area contributed by atoms with E-state index < -0.39 is 0 Å². The second-order valence-corrected chi connectivity index (χ2v) is 5.25. The van der Waals surface area contributed by atoms with Crippen LogP contribution in [0.5, 0.6) is 0 Å². The Kier molecular flexibility index (Phi) is 3.78. The average molecular weight is 282 g/mol. The number of aromatic nitrogens is 3. The molecule has 1 N–H and O–H groups in total. The predicted octanol–water partition coefficient (Wildman–Crippen LogP) is 3.36. The molecule has 4 nitrogen and oxygen atoms in total. The van der Waals surface area contributed by atoms with Crippen LogP contribution in [0.25, 0.3) is 10.9 Å². The van der Waals surface area contributed by atoms with Gasteiger partial charge in [-0.2, -0.15) is 0 Å². The lowest BCUT2D eigenvalue weighted by molar-refractivity contribution is 1.10. The van der Waals surface area contributed by atoms with Crippen molar-refractivity contribution in [1.82, 2.24) is 15.0 Å². The van der Waals surface area contributed by atoms with Crippen LogP contribution in [0, 0.1) is 0 Å². The van der Waals surface area contributed by atoms with Crippen molar-refractivity contribution in [2.45, 2.75) is 10.8 Å². The van der Waals surface area contributed by atoms with Gasteiger partial charge in [0.15, 0.2) is 0 Å². The molecule has 1 aromatic carbocycles. The Bertz CT molecular complexity index is 707. The smallest absolute Gasteiger partial charge is 0.125 e. The number of nitrogens with zero attached hydrogens (tertiary/aromatic N) is 3. The molecule has 2 heterocycles. The minimum atomic E-state index is 0.845. The Morgan fingerprint density at radius 3 is 2.75 bits per heavy atom. The first-order chi connectivity index (χ1) is 9.86. The van der Waals surface area contributed by atoms with E-state index >= 15 is 0 Å². The number of para-hydroxylation sites is 1. The van der Waals surface area contributed by atoms with Crippen molar-refractivity contribution >= 4 is 28.5 Å². The zero-order valence-corrected chi connectivity index (χ0v) is 11.9. The molecule has 2 aromatic heterocycles. The van der Waals surface area contributed by atoms with Crippen LogP contribution in [-0.4, -0.2) is 22.0 Å². The topological polar surface area (TPSA) is 50.7 Å². The second-order valence-electron chi connectivity index (χ2n) is 4.29. The van der Waals surface area contributed by atoms with Crippen molar-refractivity contribution in [1.29, 1.82) is 0 Å². The standard InChI is InChI=1S/C15H14N4S/c1-16-14-7-6-11(8-17-14)9-20-15-12-4-2-3-5-13(12)18-10-19-15/h2-8,10H,9H2,1H3,(H,16,17). The molecule has 0 bridgehead atoms. The molecule has 0 amide bonds. The molecule has 3 rings (SSSR count). The SMILES string of the molecule is CNc1ccc(CSc2ncnc3ccccc23)cn1. The van der Waals surface area contributed by atoms with E-state index in [0.717, 1.165) is 27.5 Å². The first-order valence-corrected chi connectivity index (χ1v) is 7.30. The number of pyridine rings is 1. The van der Waals surface area contributed by atoms with Crippen LogP contribution in [0.2, 0.25) is 0 Å². The molecule has 0 radical (unpaired) electrons. The van der Waals surface area contributed by atoms with Crippen molar-refractivity contribution in [3.8, 4) is 0 Å². The molecule has 100 valence electrons. The third-order valence-corrected chi connectivity index (χ3v) is 4.04. The number of anilines is 1. The molecule has 0 aliphatic heterocycles. The molecular formula is C15H14N4S. The van der Waals surface area contributed by atoms with Crippen LogP contribution < -0.4 is 5.32 Å². The molecule has 0 unspecified atom stereocenters. The largest absolute Gasteiger partial charge is 0.373 e. The highest BCUT2D eigenvalue weighted by molar-refractivity contribution is 7.98. The fraction of sp³-hybridized carbons (Fsp3) is 0.133. The molecule has 20 heavy (non-hydrogen) atoms. The van der Waals surface area contributed by atoms with Gasteiger partial charge in [-0.15, -0.1) is 11.8 Å². The second kappa shape index (κ2) is 5.88. The van der Waals surface area contributed by atoms with Gasteiger partial charge < -0.3 is 5.32 Å². The number of nitrogens with one attached hydrogen (secondary N) is 1. The Labute approximate surface area is 121 Å². The molecule has 0 spiro atoms. The molecule has 0 saturated heterocycles. The van der Waals surface area contributed by atoms with Crippen LogP contribution in [0.3, 0.4) is 0 Å². The molecule has 0 fully saturated rings. The first kappa shape index (κ1) is 12.9. The molecule has 0 aliphatic carbocycles. The maximum absolute atomic E-state index is 4.37. The van der Waals surface area contributed by atoms with E-state index in [1.807, 2.05) is 37.5 Å². The maximum atomic E-state index is 4.37. The normalized spacial score (nSPS) is 10.7. The number of rotatable bonds is 4. The van der Waals surface area contributed by atoms with Crippen LogP contribution in [-0.2, 0) is 5.75 Å². The van der Waals surface area contributed by atoms with Crippen molar-refractivity contribution in [2.75, 3.05) is 12.4 Å². The van der Waals surface area contributed by atoms with Gasteiger partial charge in [-0.25, -0.2) is 15.0 Å². The monoisotopic (exact) mass is 282 g/mol. The van der Waals surface area contributed by atoms with Gasteiger partial charge in [0.05, 0.1) is 5.52 Å². The third-order valence-electron chi connectivity index (χ3n) is 2.96. The molecule has 0 atom stereocenters. The number of benzene rings is 1. The highest BCUT2D eigenvalue weighted by Crippen LogP contribution is 2.27. The summed E-state index contributed by atoms with van der Waals surface area (Å²) in [6, 6.07) is 12.1. The highest BCUT2D eigenvalue weighted by atomic mass is 32.2. The van der Waals surface area contributed by atoms with E-state index in [0.29, 0.717) is 0 Å². The number of hydrogen-bond donors (Lipinski definition) is 1. The third kappa shape index (κ3) is 2.72. The summed E-state index contributed by atoms with van der Waals surface area (Å²) < 4.78 is 0. The zero-order chi connectivity index (χ0) is 13.8. The van der Waals surface area contributed by atoms with Crippen molar-refractivity contribution in [3.05, 3.63) is 54.5 Å². The molecule has 3 aromatic rings. The fourth-order valence-corrected chi connectivity index (χ4v) is 2.83. The van der Waals surface area contributed by atoms with Gasteiger partial charge >= 0.3 is 0 Å². The van der Waals surface area contributed by atoms with E-state index in [1.54, 1.807) is 18.1 Å². The molecular weight excluding hydrogens is 268 g/mol. The quantitative estimate of drug-likeness (QED) is 0.587. The Morgan fingerprint density at radius 1 is 1.05 bits per heavy atom. The average Bonchev–Trinajstić information content (AvgIpc) is 2.53. The van der Waals surface area contributed by atoms with Crippen LogP contribution in [0.4, 0.5) is 5.82 Å². The van der Waals surface area contributed by atoms with E-state index in [-0.39, 0.29) is 0 Å². The number of fused-ring (bicyclic) bond motifs is 1. The van der Waals surface area contributed by atoms with E-state index in [9.17, 15) is 0 Å². The maximum Gasteiger partial charge on any atom is 0.125 e. The lowest BCUT2D eigenvalue weighted by Gasteiger charge is -2.05. The summed E-state index contributed by atoms with van der Waals surface area (Å²) in [6.45, 7) is 0. The predicted molar refractivity (Wildman–Crippen MR) is 82.9 cm³/mol. The minimum absolute atomic E-state index is 0.845. The minimum Gasteiger partial charge on any atom is -0.373 e. The van der Waals surface area contributed by atoms with Gasteiger partial charge in [0, 0.05) is 24.4 Å². The number of hydrogen-bond acceptors (Lipinski definition) is 5. The summed E-state index contributed by atoms with van der Waals surface area (Å²) in [5, 5.41) is 5.12. The van der Waals surface area contributed by atoms with E-state index in [2.05, 4.69) is 32.4 Å². The van der Waals surface area contributed by atoms with Crippen molar-refractivity contribution < 1.29 is 0 Å². The lowest BCUT2D eigenvalue weighted by Crippen LogP contribution is -1.92. The number of thioether (sulfide) groups is 1. The van der Waals surface area contributed by atoms with Gasteiger partial charge in [0.1, 0.15) is 17.2 Å². The van der Waals surface area contributed by atoms with Gasteiger partial charge in [0.25, 0.3) is 0 Å². The summed E-state index contributed by atoms with van der Waals surface area (Å²) in [6.07, 6.45) is 3.51. The van der Waals surface area contributed by atoms with E-state index in [1.165, 1.54) is 5.56 Å². The Hall–Kier alpha value is -2.14. The molecule has 0 aliphatic rings. The summed E-state index contributed by atoms with van der Waals surface area (Å²) in [4.78, 5) is 13.0. The molecule has 0 saturated carbocycles. The summed E-state index contributed by atoms with van der Waals surface area (Å²) >= 11 is 1.70. The van der Waals surface area contributed by atoms with Crippen LogP contribution in [0.1, 0.15) is 5.56 Å². The summed E-state index contributed by atoms with van der Waals surface area (Å²) in [7, 11) is 1.86. The fourth-order valence-electron chi connectivity index (χ4n) is 1.90. The van der Waals surface area contributed by atoms with Gasteiger partial charge in [-0.1, -0.05) is 24.3 Å². The van der Waals surface area contributed by atoms with Crippen molar-refractivity contribution in [2.24, 2.45) is 0 Å². The van der Waals surface area contributed by atoms with Crippen LogP contribution in [0.15, 0.2) is 53.9 Å². The molecule has 5 heteroatoms. The van der Waals surface area contributed by atoms with Gasteiger partial charge in [-0.3, -0.25) is 0 Å². The first-order valence-electron chi connectivity index (χ1n) is 6.32. The van der Waals surface area contributed by atoms with Gasteiger partial charge in [-0.05, 0) is 17.7 Å². The summed E-state index contributed by atoms with van der Waals surface area (Å²) in [5.41, 5.74) is 2.16. The lowest BCUT2D eigenvalue weighted by atomic mass is 10.2. The van der Waals surface area contributed by atoms with E-state index in [4.69, 9.17) is 0 Å². The van der Waals surface area contributed by atoms with Crippen LogP contribution >= 0.6 is 11.8 Å². The Morgan fingerprint density at radius 2 is 1.95 bits per heavy atom. The Balaban J connectivity index is 1.79.